The van der Waals surface area contributed by atoms with E-state index in [1.807, 2.05) is 42.5 Å². The molecule has 0 bridgehead atoms. The van der Waals surface area contributed by atoms with E-state index in [9.17, 15) is 9.59 Å². The quantitative estimate of drug-likeness (QED) is 0.329. The number of benzene rings is 2. The first-order chi connectivity index (χ1) is 12.2. The van der Waals surface area contributed by atoms with Crippen molar-refractivity contribution in [2.45, 2.75) is 45.4 Å². The Morgan fingerprint density at radius 2 is 1.44 bits per heavy atom. The highest BCUT2D eigenvalue weighted by Gasteiger charge is 2.10. The molecule has 0 N–H and O–H groups in total. The minimum absolute atomic E-state index is 0.168. The molecule has 0 saturated heterocycles. The van der Waals surface area contributed by atoms with Crippen LogP contribution in [0.2, 0.25) is 0 Å². The number of carbonyl (C=O) groups excluding carboxylic acids is 2. The van der Waals surface area contributed by atoms with Gasteiger partial charge in [-0.1, -0.05) is 87.2 Å². The van der Waals surface area contributed by atoms with Crippen molar-refractivity contribution in [3.05, 3.63) is 60.2 Å². The van der Waals surface area contributed by atoms with Crippen LogP contribution >= 0.6 is 0 Å². The van der Waals surface area contributed by atoms with Gasteiger partial charge in [-0.2, -0.15) is 0 Å². The van der Waals surface area contributed by atoms with Gasteiger partial charge in [-0.25, -0.2) is 0 Å². The molecule has 25 heavy (non-hydrogen) atoms. The van der Waals surface area contributed by atoms with Crippen molar-refractivity contribution >= 4 is 11.8 Å². The zero-order chi connectivity index (χ0) is 17.9. The maximum absolute atomic E-state index is 12.1. The molecule has 132 valence electrons. The minimum atomic E-state index is -0.286. The van der Waals surface area contributed by atoms with Crippen molar-refractivity contribution in [2.24, 2.45) is 0 Å². The Labute approximate surface area is 150 Å². The fraction of sp³-hybridized carbons (Fsp3) is 0.364. The predicted octanol–water partition coefficient (Wildman–Crippen LogP) is 5.44. The molecule has 0 aliphatic carbocycles. The molecule has 0 aliphatic rings. The Morgan fingerprint density at radius 3 is 2.12 bits per heavy atom. The van der Waals surface area contributed by atoms with Gasteiger partial charge in [-0.15, -0.1) is 0 Å². The average molecular weight is 338 g/mol. The molecule has 2 rings (SSSR count). The van der Waals surface area contributed by atoms with Crippen LogP contribution < -0.4 is 0 Å². The molecule has 2 aromatic rings. The van der Waals surface area contributed by atoms with Gasteiger partial charge in [-0.3, -0.25) is 9.59 Å². The zero-order valence-corrected chi connectivity index (χ0v) is 14.9. The van der Waals surface area contributed by atoms with Crippen LogP contribution in [-0.2, 0) is 9.53 Å². The molecule has 0 saturated carbocycles. The van der Waals surface area contributed by atoms with E-state index in [4.69, 9.17) is 4.74 Å². The Bertz CT molecular complexity index is 659. The van der Waals surface area contributed by atoms with Crippen molar-refractivity contribution in [3.63, 3.8) is 0 Å². The van der Waals surface area contributed by atoms with E-state index in [0.29, 0.717) is 12.0 Å². The van der Waals surface area contributed by atoms with Crippen LogP contribution in [0.3, 0.4) is 0 Å². The molecule has 0 aliphatic heterocycles. The van der Waals surface area contributed by atoms with E-state index in [2.05, 4.69) is 6.92 Å². The molecule has 0 amide bonds. The Hall–Kier alpha value is -2.42. The van der Waals surface area contributed by atoms with E-state index in [1.165, 1.54) is 12.8 Å². The summed E-state index contributed by atoms with van der Waals surface area (Å²) in [4.78, 5) is 23.8. The summed E-state index contributed by atoms with van der Waals surface area (Å²) in [5.41, 5.74) is 2.73. The highest BCUT2D eigenvalue weighted by Crippen LogP contribution is 2.19. The number of hydrogen-bond acceptors (Lipinski definition) is 3. The van der Waals surface area contributed by atoms with E-state index in [1.54, 1.807) is 12.1 Å². The minimum Gasteiger partial charge on any atom is -0.457 e. The summed E-state index contributed by atoms with van der Waals surface area (Å²) >= 11 is 0. The molecule has 0 unspecified atom stereocenters. The third kappa shape index (κ3) is 6.54. The first-order valence-electron chi connectivity index (χ1n) is 9.05. The highest BCUT2D eigenvalue weighted by molar-refractivity contribution is 5.98. The lowest BCUT2D eigenvalue weighted by Gasteiger charge is -2.06. The lowest BCUT2D eigenvalue weighted by molar-refractivity contribution is -0.142. The molecule has 0 fully saturated rings. The molecule has 0 aromatic heterocycles. The van der Waals surface area contributed by atoms with Crippen molar-refractivity contribution < 1.29 is 14.3 Å². The normalized spacial score (nSPS) is 10.4. The third-order valence-corrected chi connectivity index (χ3v) is 4.16. The summed E-state index contributed by atoms with van der Waals surface area (Å²) in [5.74, 6) is -0.454. The number of esters is 1. The maximum atomic E-state index is 12.1. The van der Waals surface area contributed by atoms with Crippen molar-refractivity contribution in [3.8, 4) is 11.1 Å². The van der Waals surface area contributed by atoms with Crippen LogP contribution in [0.4, 0.5) is 0 Å². The molecule has 0 heterocycles. The number of ketones is 1. The summed E-state index contributed by atoms with van der Waals surface area (Å²) in [6.45, 7) is 1.98. The number of carbonyl (C=O) groups is 2. The zero-order valence-electron chi connectivity index (χ0n) is 14.9. The van der Waals surface area contributed by atoms with Crippen LogP contribution in [0.1, 0.15) is 55.8 Å². The van der Waals surface area contributed by atoms with Crippen LogP contribution in [0.5, 0.6) is 0 Å². The number of Topliss-reactive ketones (excluding diaryl/α,β-unsaturated/α-hetero) is 1. The summed E-state index contributed by atoms with van der Waals surface area (Å²) in [5, 5.41) is 0. The SMILES string of the molecule is CCCCCCCC(=O)OCC(=O)c1ccc(-c2ccccc2)cc1. The third-order valence-electron chi connectivity index (χ3n) is 4.16. The van der Waals surface area contributed by atoms with Gasteiger partial charge in [0.25, 0.3) is 0 Å². The first kappa shape index (κ1) is 18.9. The molecule has 2 aromatic carbocycles. The second-order valence-electron chi connectivity index (χ2n) is 6.19. The molecule has 0 atom stereocenters. The molecular weight excluding hydrogens is 312 g/mol. The van der Waals surface area contributed by atoms with Gasteiger partial charge in [0.15, 0.2) is 12.4 Å². The van der Waals surface area contributed by atoms with Gasteiger partial charge < -0.3 is 4.74 Å². The fourth-order valence-electron chi connectivity index (χ4n) is 2.65. The smallest absolute Gasteiger partial charge is 0.306 e. The second kappa shape index (κ2) is 10.4. The van der Waals surface area contributed by atoms with Crippen molar-refractivity contribution in [1.29, 1.82) is 0 Å². The monoisotopic (exact) mass is 338 g/mol. The van der Waals surface area contributed by atoms with Gasteiger partial charge in [0, 0.05) is 12.0 Å². The molecule has 3 heteroatoms. The number of ether oxygens (including phenoxy) is 1. The van der Waals surface area contributed by atoms with Crippen LogP contribution in [0.15, 0.2) is 54.6 Å². The maximum Gasteiger partial charge on any atom is 0.306 e. The van der Waals surface area contributed by atoms with Gasteiger partial charge in [-0.05, 0) is 17.5 Å². The first-order valence-corrected chi connectivity index (χ1v) is 9.05. The van der Waals surface area contributed by atoms with Gasteiger partial charge >= 0.3 is 5.97 Å². The number of rotatable bonds is 10. The van der Waals surface area contributed by atoms with E-state index < -0.39 is 0 Å². The molecule has 0 radical (unpaired) electrons. The Kier molecular flexibility index (Phi) is 7.90. The number of hydrogen-bond donors (Lipinski definition) is 0. The topological polar surface area (TPSA) is 43.4 Å². The standard InChI is InChI=1S/C22H26O3/c1-2-3-4-5-9-12-22(24)25-17-21(23)20-15-13-19(14-16-20)18-10-7-6-8-11-18/h6-8,10-11,13-16H,2-5,9,12,17H2,1H3. The highest BCUT2D eigenvalue weighted by atomic mass is 16.5. The second-order valence-corrected chi connectivity index (χ2v) is 6.19. The van der Waals surface area contributed by atoms with Gasteiger partial charge in [0.2, 0.25) is 0 Å². The van der Waals surface area contributed by atoms with Crippen LogP contribution in [-0.4, -0.2) is 18.4 Å². The average Bonchev–Trinajstić information content (AvgIpc) is 2.67. The number of unbranched alkanes of at least 4 members (excludes halogenated alkanes) is 4. The van der Waals surface area contributed by atoms with Crippen LogP contribution in [0, 0.1) is 0 Å². The molecule has 0 spiro atoms. The van der Waals surface area contributed by atoms with Crippen molar-refractivity contribution in [1.82, 2.24) is 0 Å². The largest absolute Gasteiger partial charge is 0.457 e. The van der Waals surface area contributed by atoms with Gasteiger partial charge in [0.05, 0.1) is 0 Å². The Balaban J connectivity index is 1.76. The van der Waals surface area contributed by atoms with Crippen LogP contribution in [0.25, 0.3) is 11.1 Å². The van der Waals surface area contributed by atoms with Crippen molar-refractivity contribution in [2.75, 3.05) is 6.61 Å². The fourth-order valence-corrected chi connectivity index (χ4v) is 2.65. The summed E-state index contributed by atoms with van der Waals surface area (Å²) < 4.78 is 5.09. The van der Waals surface area contributed by atoms with E-state index in [0.717, 1.165) is 30.4 Å². The lowest BCUT2D eigenvalue weighted by atomic mass is 10.0. The summed E-state index contributed by atoms with van der Waals surface area (Å²) in [7, 11) is 0. The van der Waals surface area contributed by atoms with Gasteiger partial charge in [0.1, 0.15) is 0 Å². The Morgan fingerprint density at radius 1 is 0.800 bits per heavy atom. The molecule has 3 nitrogen and oxygen atoms in total. The van der Waals surface area contributed by atoms with E-state index >= 15 is 0 Å². The molecular formula is C22H26O3. The summed E-state index contributed by atoms with van der Waals surface area (Å²) in [6, 6.07) is 17.4. The van der Waals surface area contributed by atoms with E-state index in [-0.39, 0.29) is 18.4 Å². The predicted molar refractivity (Wildman–Crippen MR) is 101 cm³/mol. The summed E-state index contributed by atoms with van der Waals surface area (Å²) in [6.07, 6.45) is 5.80. The lowest BCUT2D eigenvalue weighted by Crippen LogP contribution is -2.13.